The second-order valence-electron chi connectivity index (χ2n) is 6.12. The van der Waals surface area contributed by atoms with Crippen LogP contribution in [0.2, 0.25) is 0 Å². The maximum Gasteiger partial charge on any atom is 0.237 e. The van der Waals surface area contributed by atoms with E-state index in [-0.39, 0.29) is 11.2 Å². The Morgan fingerprint density at radius 3 is 2.74 bits per heavy atom. The smallest absolute Gasteiger partial charge is 0.237 e. The van der Waals surface area contributed by atoms with Crippen molar-refractivity contribution in [3.05, 3.63) is 60.0 Å². The van der Waals surface area contributed by atoms with Gasteiger partial charge in [-0.2, -0.15) is 0 Å². The van der Waals surface area contributed by atoms with Crippen LogP contribution in [0.15, 0.2) is 65.1 Å². The molecule has 0 aliphatic heterocycles. The molecule has 0 bridgehead atoms. The van der Waals surface area contributed by atoms with Crippen molar-refractivity contribution in [3.63, 3.8) is 0 Å². The van der Waals surface area contributed by atoms with E-state index in [9.17, 15) is 4.79 Å². The largest absolute Gasteiger partial charge is 0.325 e. The monoisotopic (exact) mass is 394 g/mol. The summed E-state index contributed by atoms with van der Waals surface area (Å²) in [6, 6.07) is 17.9. The second kappa shape index (κ2) is 7.54. The van der Waals surface area contributed by atoms with E-state index in [1.54, 1.807) is 11.3 Å². The maximum atomic E-state index is 12.7. The molecule has 1 N–H and O–H groups in total. The third-order valence-corrected chi connectivity index (χ3v) is 6.28. The molecule has 4 aromatic rings. The Kier molecular flexibility index (Phi) is 4.96. The van der Waals surface area contributed by atoms with Gasteiger partial charge >= 0.3 is 0 Å². The number of thiophene rings is 1. The Labute approximate surface area is 165 Å². The van der Waals surface area contributed by atoms with Gasteiger partial charge in [-0.05, 0) is 29.8 Å². The van der Waals surface area contributed by atoms with Gasteiger partial charge in [0.15, 0.2) is 11.0 Å². The zero-order valence-electron chi connectivity index (χ0n) is 14.9. The number of anilines is 1. The van der Waals surface area contributed by atoms with Gasteiger partial charge in [0.25, 0.3) is 0 Å². The van der Waals surface area contributed by atoms with Crippen molar-refractivity contribution in [1.29, 1.82) is 0 Å². The number of hydrogen-bond acceptors (Lipinski definition) is 5. The van der Waals surface area contributed by atoms with Crippen LogP contribution in [0.3, 0.4) is 0 Å². The van der Waals surface area contributed by atoms with Crippen LogP contribution in [0, 0.1) is 0 Å². The van der Waals surface area contributed by atoms with Gasteiger partial charge in [-0.25, -0.2) is 0 Å². The van der Waals surface area contributed by atoms with Gasteiger partial charge in [-0.1, -0.05) is 54.2 Å². The van der Waals surface area contributed by atoms with Crippen LogP contribution in [-0.2, 0) is 11.8 Å². The van der Waals surface area contributed by atoms with Crippen LogP contribution >= 0.6 is 23.1 Å². The normalized spacial score (nSPS) is 12.2. The number of nitrogens with one attached hydrogen (secondary N) is 1. The van der Waals surface area contributed by atoms with Gasteiger partial charge in [0, 0.05) is 18.1 Å². The summed E-state index contributed by atoms with van der Waals surface area (Å²) in [6.07, 6.45) is 0. The molecule has 27 heavy (non-hydrogen) atoms. The van der Waals surface area contributed by atoms with E-state index in [4.69, 9.17) is 0 Å². The fourth-order valence-electron chi connectivity index (χ4n) is 2.82. The summed E-state index contributed by atoms with van der Waals surface area (Å²) < 4.78 is 1.93. The number of carbonyl (C=O) groups is 1. The molecule has 7 heteroatoms. The van der Waals surface area contributed by atoms with Crippen LogP contribution in [0.4, 0.5) is 5.69 Å². The van der Waals surface area contributed by atoms with Gasteiger partial charge in [0.05, 0.1) is 10.1 Å². The van der Waals surface area contributed by atoms with Crippen LogP contribution in [0.5, 0.6) is 0 Å². The summed E-state index contributed by atoms with van der Waals surface area (Å²) in [4.78, 5) is 13.8. The number of thioether (sulfide) groups is 1. The Bertz CT molecular complexity index is 1080. The first-order valence-electron chi connectivity index (χ1n) is 8.52. The molecule has 5 nitrogen and oxygen atoms in total. The van der Waals surface area contributed by atoms with E-state index in [0.717, 1.165) is 32.3 Å². The van der Waals surface area contributed by atoms with Crippen LogP contribution in [-0.4, -0.2) is 25.9 Å². The number of amides is 1. The first-order chi connectivity index (χ1) is 13.1. The lowest BCUT2D eigenvalue weighted by atomic mass is 10.1. The van der Waals surface area contributed by atoms with Gasteiger partial charge < -0.3 is 9.88 Å². The minimum atomic E-state index is -0.303. The molecule has 1 atom stereocenters. The third-order valence-electron chi connectivity index (χ3n) is 4.28. The first-order valence-corrected chi connectivity index (χ1v) is 10.3. The summed E-state index contributed by atoms with van der Waals surface area (Å²) in [5.74, 6) is 0.756. The highest BCUT2D eigenvalue weighted by molar-refractivity contribution is 8.00. The number of aromatic nitrogens is 3. The number of carbonyl (C=O) groups excluding carboxylic acids is 1. The Morgan fingerprint density at radius 1 is 1.11 bits per heavy atom. The molecule has 0 spiro atoms. The SMILES string of the molecule is CC(Sc1nnc(-c2cccs2)n1C)C(=O)Nc1cccc2ccccc12. The van der Waals surface area contributed by atoms with Crippen LogP contribution in [0.1, 0.15) is 6.92 Å². The van der Waals surface area contributed by atoms with Gasteiger partial charge in [0.2, 0.25) is 5.91 Å². The highest BCUT2D eigenvalue weighted by atomic mass is 32.2. The summed E-state index contributed by atoms with van der Waals surface area (Å²) in [5.41, 5.74) is 0.822. The molecule has 2 heterocycles. The molecule has 2 aromatic carbocycles. The van der Waals surface area contributed by atoms with E-state index in [2.05, 4.69) is 15.5 Å². The topological polar surface area (TPSA) is 59.8 Å². The van der Waals surface area contributed by atoms with E-state index in [1.807, 2.05) is 78.5 Å². The number of hydrogen-bond donors (Lipinski definition) is 1. The number of nitrogens with zero attached hydrogens (tertiary/aromatic N) is 3. The van der Waals surface area contributed by atoms with E-state index in [0.29, 0.717) is 0 Å². The van der Waals surface area contributed by atoms with Gasteiger partial charge in [-0.15, -0.1) is 21.5 Å². The lowest BCUT2D eigenvalue weighted by molar-refractivity contribution is -0.115. The fourth-order valence-corrected chi connectivity index (χ4v) is 4.38. The average Bonchev–Trinajstić information content (AvgIpc) is 3.32. The molecule has 136 valence electrons. The molecule has 0 radical (unpaired) electrons. The summed E-state index contributed by atoms with van der Waals surface area (Å²) >= 11 is 3.02. The first kappa shape index (κ1) is 17.8. The van der Waals surface area contributed by atoms with Crippen molar-refractivity contribution in [2.24, 2.45) is 7.05 Å². The Hall–Kier alpha value is -2.64. The number of rotatable bonds is 5. The quantitative estimate of drug-likeness (QED) is 0.493. The van der Waals surface area contributed by atoms with Crippen molar-refractivity contribution in [3.8, 4) is 10.7 Å². The average molecular weight is 395 g/mol. The van der Waals surface area contributed by atoms with Crippen molar-refractivity contribution in [2.45, 2.75) is 17.3 Å². The third kappa shape index (κ3) is 3.61. The number of fused-ring (bicyclic) bond motifs is 1. The van der Waals surface area contributed by atoms with E-state index >= 15 is 0 Å². The molecule has 2 aromatic heterocycles. The lowest BCUT2D eigenvalue weighted by Crippen LogP contribution is -2.23. The highest BCUT2D eigenvalue weighted by Gasteiger charge is 2.20. The number of benzene rings is 2. The molecular formula is C20H18N4OS2. The standard InChI is InChI=1S/C20H18N4OS2/c1-13(27-20-23-22-18(24(20)2)17-11-6-12-26-17)19(25)21-16-10-5-8-14-7-3-4-9-15(14)16/h3-13H,1-2H3,(H,21,25). The zero-order chi connectivity index (χ0) is 18.8. The van der Waals surface area contributed by atoms with Crippen molar-refractivity contribution in [1.82, 2.24) is 14.8 Å². The molecule has 1 amide bonds. The molecule has 0 saturated carbocycles. The van der Waals surface area contributed by atoms with E-state index in [1.165, 1.54) is 11.8 Å². The molecule has 4 rings (SSSR count). The maximum absolute atomic E-state index is 12.7. The van der Waals surface area contributed by atoms with Crippen LogP contribution < -0.4 is 5.32 Å². The van der Waals surface area contributed by atoms with Crippen LogP contribution in [0.25, 0.3) is 21.5 Å². The minimum absolute atomic E-state index is 0.0583. The van der Waals surface area contributed by atoms with Gasteiger partial charge in [-0.3, -0.25) is 4.79 Å². The summed E-state index contributed by atoms with van der Waals surface area (Å²) in [5, 5.41) is 16.1. The summed E-state index contributed by atoms with van der Waals surface area (Å²) in [7, 11) is 1.92. The highest BCUT2D eigenvalue weighted by Crippen LogP contribution is 2.29. The molecule has 0 saturated heterocycles. The molecule has 0 aliphatic rings. The predicted molar refractivity (Wildman–Crippen MR) is 112 cm³/mol. The molecular weight excluding hydrogens is 376 g/mol. The Balaban J connectivity index is 1.50. The van der Waals surface area contributed by atoms with Crippen molar-refractivity contribution >= 4 is 45.5 Å². The molecule has 0 fully saturated rings. The zero-order valence-corrected chi connectivity index (χ0v) is 16.6. The molecule has 1 unspecified atom stereocenters. The van der Waals surface area contributed by atoms with Crippen molar-refractivity contribution in [2.75, 3.05) is 5.32 Å². The fraction of sp³-hybridized carbons (Fsp3) is 0.150. The van der Waals surface area contributed by atoms with E-state index < -0.39 is 0 Å². The summed E-state index contributed by atoms with van der Waals surface area (Å²) in [6.45, 7) is 1.88. The van der Waals surface area contributed by atoms with Gasteiger partial charge in [0.1, 0.15) is 0 Å². The second-order valence-corrected chi connectivity index (χ2v) is 8.37. The molecule has 0 aliphatic carbocycles. The minimum Gasteiger partial charge on any atom is -0.325 e. The lowest BCUT2D eigenvalue weighted by Gasteiger charge is -2.13. The predicted octanol–water partition coefficient (Wildman–Crippen LogP) is 4.82. The Morgan fingerprint density at radius 2 is 1.93 bits per heavy atom. The van der Waals surface area contributed by atoms with Crippen molar-refractivity contribution < 1.29 is 4.79 Å².